The van der Waals surface area contributed by atoms with Crippen molar-refractivity contribution in [2.24, 2.45) is 0 Å². The zero-order valence-corrected chi connectivity index (χ0v) is 8.82. The Morgan fingerprint density at radius 3 is 3.00 bits per heavy atom. The molecule has 1 rings (SSSR count). The summed E-state index contributed by atoms with van der Waals surface area (Å²) in [5.74, 6) is -0.207. The molecule has 14 heavy (non-hydrogen) atoms. The van der Waals surface area contributed by atoms with Crippen LogP contribution >= 0.6 is 0 Å². The van der Waals surface area contributed by atoms with Crippen molar-refractivity contribution in [1.29, 1.82) is 0 Å². The molecule has 1 aliphatic heterocycles. The summed E-state index contributed by atoms with van der Waals surface area (Å²) in [6.07, 6.45) is 2.16. The lowest BCUT2D eigenvalue weighted by molar-refractivity contribution is -0.153. The summed E-state index contributed by atoms with van der Waals surface area (Å²) >= 11 is 0. The molecule has 0 spiro atoms. The van der Waals surface area contributed by atoms with E-state index in [2.05, 4.69) is 0 Å². The van der Waals surface area contributed by atoms with E-state index in [0.29, 0.717) is 19.6 Å². The van der Waals surface area contributed by atoms with Crippen molar-refractivity contribution in [2.45, 2.75) is 38.4 Å². The van der Waals surface area contributed by atoms with Gasteiger partial charge in [0.1, 0.15) is 0 Å². The monoisotopic (exact) mass is 202 g/mol. The van der Waals surface area contributed by atoms with Gasteiger partial charge in [-0.3, -0.25) is 4.79 Å². The summed E-state index contributed by atoms with van der Waals surface area (Å²) in [5.41, 5.74) is 0. The number of ether oxygens (including phenoxy) is 3. The van der Waals surface area contributed by atoms with Crippen molar-refractivity contribution >= 4 is 5.97 Å². The number of esters is 1. The highest BCUT2D eigenvalue weighted by molar-refractivity contribution is 5.70. The summed E-state index contributed by atoms with van der Waals surface area (Å²) in [6, 6.07) is 0. The smallest absolute Gasteiger partial charge is 0.308 e. The van der Waals surface area contributed by atoms with Crippen molar-refractivity contribution in [1.82, 2.24) is 0 Å². The Morgan fingerprint density at radius 1 is 1.57 bits per heavy atom. The Bertz CT molecular complexity index is 181. The van der Waals surface area contributed by atoms with Gasteiger partial charge in [0.2, 0.25) is 0 Å². The number of hydrogen-bond acceptors (Lipinski definition) is 4. The minimum Gasteiger partial charge on any atom is -0.466 e. The average molecular weight is 202 g/mol. The van der Waals surface area contributed by atoms with Gasteiger partial charge in [0.15, 0.2) is 0 Å². The number of methoxy groups -OCH3 is 1. The van der Waals surface area contributed by atoms with E-state index in [0.717, 1.165) is 12.8 Å². The second kappa shape index (κ2) is 5.98. The molecule has 0 radical (unpaired) electrons. The highest BCUT2D eigenvalue weighted by atomic mass is 16.6. The lowest BCUT2D eigenvalue weighted by atomic mass is 10.0. The molecule has 4 nitrogen and oxygen atoms in total. The fraction of sp³-hybridized carbons (Fsp3) is 0.900. The van der Waals surface area contributed by atoms with Gasteiger partial charge in [-0.15, -0.1) is 0 Å². The van der Waals surface area contributed by atoms with Crippen LogP contribution in [0.25, 0.3) is 0 Å². The summed E-state index contributed by atoms with van der Waals surface area (Å²) < 4.78 is 15.6. The van der Waals surface area contributed by atoms with Crippen LogP contribution in [-0.2, 0) is 19.0 Å². The molecule has 0 aromatic carbocycles. The van der Waals surface area contributed by atoms with E-state index in [1.807, 2.05) is 0 Å². The van der Waals surface area contributed by atoms with Crippen molar-refractivity contribution in [3.8, 4) is 0 Å². The molecule has 1 fully saturated rings. The zero-order chi connectivity index (χ0) is 10.4. The maximum atomic E-state index is 11.2. The standard InChI is InChI=1S/C10H18O4/c1-3-13-10(11)7-9-8(12-2)5-4-6-14-9/h8-9H,3-7H2,1-2H3/t8-,9+/m1/s1. The highest BCUT2D eigenvalue weighted by Crippen LogP contribution is 2.19. The van der Waals surface area contributed by atoms with Gasteiger partial charge in [0.05, 0.1) is 25.2 Å². The minimum absolute atomic E-state index is 0.0353. The fourth-order valence-electron chi connectivity index (χ4n) is 1.66. The number of carbonyl (C=O) groups excluding carboxylic acids is 1. The van der Waals surface area contributed by atoms with Crippen LogP contribution in [0.4, 0.5) is 0 Å². The highest BCUT2D eigenvalue weighted by Gasteiger charge is 2.28. The third-order valence-electron chi connectivity index (χ3n) is 2.36. The second-order valence-electron chi connectivity index (χ2n) is 3.33. The average Bonchev–Trinajstić information content (AvgIpc) is 2.19. The van der Waals surface area contributed by atoms with Crippen molar-refractivity contribution in [3.63, 3.8) is 0 Å². The molecule has 0 aromatic rings. The van der Waals surface area contributed by atoms with E-state index >= 15 is 0 Å². The molecule has 0 unspecified atom stereocenters. The number of rotatable bonds is 4. The third kappa shape index (κ3) is 3.27. The number of hydrogen-bond donors (Lipinski definition) is 0. The van der Waals surface area contributed by atoms with Gasteiger partial charge in [-0.1, -0.05) is 0 Å². The van der Waals surface area contributed by atoms with Crippen LogP contribution in [0.3, 0.4) is 0 Å². The van der Waals surface area contributed by atoms with Gasteiger partial charge >= 0.3 is 5.97 Å². The minimum atomic E-state index is -0.207. The molecule has 0 saturated carbocycles. The molecule has 1 heterocycles. The molecule has 0 aromatic heterocycles. The van der Waals surface area contributed by atoms with Crippen molar-refractivity contribution < 1.29 is 19.0 Å². The molecule has 0 N–H and O–H groups in total. The number of carbonyl (C=O) groups is 1. The third-order valence-corrected chi connectivity index (χ3v) is 2.36. The molecule has 2 atom stereocenters. The molecular formula is C10H18O4. The normalized spacial score (nSPS) is 27.3. The van der Waals surface area contributed by atoms with E-state index in [9.17, 15) is 4.79 Å². The molecular weight excluding hydrogens is 184 g/mol. The van der Waals surface area contributed by atoms with E-state index in [1.54, 1.807) is 14.0 Å². The quantitative estimate of drug-likeness (QED) is 0.641. The topological polar surface area (TPSA) is 44.8 Å². The van der Waals surface area contributed by atoms with Crippen LogP contribution in [-0.4, -0.2) is 38.5 Å². The predicted molar refractivity (Wildman–Crippen MR) is 51.0 cm³/mol. The Hall–Kier alpha value is -0.610. The second-order valence-corrected chi connectivity index (χ2v) is 3.33. The van der Waals surface area contributed by atoms with E-state index in [-0.39, 0.29) is 18.2 Å². The summed E-state index contributed by atoms with van der Waals surface area (Å²) in [4.78, 5) is 11.2. The first kappa shape index (κ1) is 11.5. The van der Waals surface area contributed by atoms with Gasteiger partial charge in [-0.2, -0.15) is 0 Å². The van der Waals surface area contributed by atoms with Gasteiger partial charge in [-0.05, 0) is 19.8 Å². The first-order valence-electron chi connectivity index (χ1n) is 5.08. The van der Waals surface area contributed by atoms with E-state index in [1.165, 1.54) is 0 Å². The van der Waals surface area contributed by atoms with Crippen LogP contribution in [0.15, 0.2) is 0 Å². The summed E-state index contributed by atoms with van der Waals surface area (Å²) in [7, 11) is 1.65. The van der Waals surface area contributed by atoms with Gasteiger partial charge in [-0.25, -0.2) is 0 Å². The first-order chi connectivity index (χ1) is 6.77. The van der Waals surface area contributed by atoms with Gasteiger partial charge < -0.3 is 14.2 Å². The first-order valence-corrected chi connectivity index (χ1v) is 5.08. The largest absolute Gasteiger partial charge is 0.466 e. The maximum absolute atomic E-state index is 11.2. The summed E-state index contributed by atoms with van der Waals surface area (Å²) in [5, 5.41) is 0. The van der Waals surface area contributed by atoms with E-state index in [4.69, 9.17) is 14.2 Å². The van der Waals surface area contributed by atoms with Crippen LogP contribution in [0.5, 0.6) is 0 Å². The summed E-state index contributed by atoms with van der Waals surface area (Å²) in [6.45, 7) is 2.93. The Morgan fingerprint density at radius 2 is 2.36 bits per heavy atom. The lowest BCUT2D eigenvalue weighted by Gasteiger charge is -2.29. The van der Waals surface area contributed by atoms with Gasteiger partial charge in [0, 0.05) is 13.7 Å². The van der Waals surface area contributed by atoms with Crippen LogP contribution in [0.2, 0.25) is 0 Å². The molecule has 1 saturated heterocycles. The van der Waals surface area contributed by atoms with Crippen molar-refractivity contribution in [3.05, 3.63) is 0 Å². The molecule has 4 heteroatoms. The Labute approximate surface area is 84.5 Å². The lowest BCUT2D eigenvalue weighted by Crippen LogP contribution is -2.37. The Kier molecular flexibility index (Phi) is 4.90. The zero-order valence-electron chi connectivity index (χ0n) is 8.82. The molecule has 0 aliphatic carbocycles. The molecule has 0 bridgehead atoms. The molecule has 0 amide bonds. The van der Waals surface area contributed by atoms with Gasteiger partial charge in [0.25, 0.3) is 0 Å². The van der Waals surface area contributed by atoms with Crippen LogP contribution < -0.4 is 0 Å². The Balaban J connectivity index is 2.36. The van der Waals surface area contributed by atoms with Crippen LogP contribution in [0, 0.1) is 0 Å². The molecule has 1 aliphatic rings. The SMILES string of the molecule is CCOC(=O)C[C@@H]1OCCC[C@H]1OC. The molecule has 82 valence electrons. The van der Waals surface area contributed by atoms with Crippen molar-refractivity contribution in [2.75, 3.05) is 20.3 Å². The predicted octanol–water partition coefficient (Wildman–Crippen LogP) is 1.13. The fourth-order valence-corrected chi connectivity index (χ4v) is 1.66. The van der Waals surface area contributed by atoms with E-state index < -0.39 is 0 Å². The van der Waals surface area contributed by atoms with Crippen LogP contribution in [0.1, 0.15) is 26.2 Å². The maximum Gasteiger partial charge on any atom is 0.308 e.